The van der Waals surface area contributed by atoms with E-state index in [4.69, 9.17) is 10.4 Å². The summed E-state index contributed by atoms with van der Waals surface area (Å²) in [6.45, 7) is 0. The molecule has 0 amide bonds. The highest BCUT2D eigenvalue weighted by molar-refractivity contribution is 6.03. The second-order valence-corrected chi connectivity index (χ2v) is 5.40. The van der Waals surface area contributed by atoms with Crippen molar-refractivity contribution in [3.63, 3.8) is 0 Å². The van der Waals surface area contributed by atoms with E-state index in [-0.39, 0.29) is 5.92 Å². The molecule has 5 nitrogen and oxygen atoms in total. The van der Waals surface area contributed by atoms with Crippen LogP contribution in [0.2, 0.25) is 0 Å². The molecular weight excluding hydrogens is 230 g/mol. The zero-order chi connectivity index (χ0) is 12.5. The average molecular weight is 249 g/mol. The Bertz CT molecular complexity index is 428. The van der Waals surface area contributed by atoms with Crippen LogP contribution < -0.4 is 5.32 Å². The minimum absolute atomic E-state index is 0.157. The Morgan fingerprint density at radius 3 is 2.72 bits per heavy atom. The predicted molar refractivity (Wildman–Crippen MR) is 68.4 cm³/mol. The van der Waals surface area contributed by atoms with E-state index < -0.39 is 0 Å². The fourth-order valence-corrected chi connectivity index (χ4v) is 3.52. The highest BCUT2D eigenvalue weighted by atomic mass is 16.4. The lowest BCUT2D eigenvalue weighted by molar-refractivity contribution is 0.292. The number of hydrogen-bond donors (Lipinski definition) is 3. The number of oxime groups is 2. The third kappa shape index (κ3) is 1.82. The van der Waals surface area contributed by atoms with Crippen molar-refractivity contribution in [2.75, 3.05) is 0 Å². The SMILES string of the molecule is ON=C1CCCC2NC3CCCC(=NO)C3C=C12. The lowest BCUT2D eigenvalue weighted by Gasteiger charge is -2.41. The summed E-state index contributed by atoms with van der Waals surface area (Å²) in [5.74, 6) is 0.157. The molecule has 18 heavy (non-hydrogen) atoms. The first-order chi connectivity index (χ1) is 8.83. The molecule has 3 N–H and O–H groups in total. The normalized spacial score (nSPS) is 40.2. The Kier molecular flexibility index (Phi) is 3.07. The molecule has 1 aliphatic heterocycles. The molecule has 2 fully saturated rings. The lowest BCUT2D eigenvalue weighted by atomic mass is 9.74. The van der Waals surface area contributed by atoms with Crippen molar-refractivity contribution in [3.8, 4) is 0 Å². The standard InChI is InChI=1S/C13H19N3O2/c17-15-12-5-1-3-10-8(12)7-9-11(14-10)4-2-6-13(9)16-18/h7-8,10-11,14,17-18H,1-6H2. The summed E-state index contributed by atoms with van der Waals surface area (Å²) in [4.78, 5) is 0. The number of nitrogens with one attached hydrogen (secondary N) is 1. The van der Waals surface area contributed by atoms with Crippen molar-refractivity contribution in [3.05, 3.63) is 11.6 Å². The van der Waals surface area contributed by atoms with Gasteiger partial charge >= 0.3 is 0 Å². The molecule has 0 aromatic rings. The van der Waals surface area contributed by atoms with Gasteiger partial charge in [0, 0.05) is 18.0 Å². The molecule has 2 aliphatic carbocycles. The predicted octanol–water partition coefficient (Wildman–Crippen LogP) is 1.90. The molecule has 0 radical (unpaired) electrons. The minimum atomic E-state index is 0.157. The van der Waals surface area contributed by atoms with Gasteiger partial charge in [-0.2, -0.15) is 0 Å². The van der Waals surface area contributed by atoms with E-state index in [1.54, 1.807) is 0 Å². The maximum absolute atomic E-state index is 9.10. The average Bonchev–Trinajstić information content (AvgIpc) is 2.43. The summed E-state index contributed by atoms with van der Waals surface area (Å²) in [7, 11) is 0. The molecule has 5 heteroatoms. The summed E-state index contributed by atoms with van der Waals surface area (Å²) < 4.78 is 0. The topological polar surface area (TPSA) is 77.2 Å². The van der Waals surface area contributed by atoms with Gasteiger partial charge < -0.3 is 15.7 Å². The monoisotopic (exact) mass is 249 g/mol. The second-order valence-electron chi connectivity index (χ2n) is 5.40. The van der Waals surface area contributed by atoms with Gasteiger partial charge in [0.15, 0.2) is 0 Å². The number of rotatable bonds is 0. The zero-order valence-corrected chi connectivity index (χ0v) is 10.3. The number of nitrogens with zero attached hydrogens (tertiary/aromatic N) is 2. The summed E-state index contributed by atoms with van der Waals surface area (Å²) in [5.41, 5.74) is 2.75. The molecule has 2 saturated carbocycles. The summed E-state index contributed by atoms with van der Waals surface area (Å²) in [6.07, 6.45) is 8.21. The van der Waals surface area contributed by atoms with Crippen molar-refractivity contribution in [1.82, 2.24) is 5.32 Å². The summed E-state index contributed by atoms with van der Waals surface area (Å²) in [5, 5.41) is 28.7. The fraction of sp³-hybridized carbons (Fsp3) is 0.692. The van der Waals surface area contributed by atoms with Crippen LogP contribution in [0.5, 0.6) is 0 Å². The van der Waals surface area contributed by atoms with Crippen LogP contribution in [-0.2, 0) is 0 Å². The van der Waals surface area contributed by atoms with E-state index in [0.717, 1.165) is 55.5 Å². The van der Waals surface area contributed by atoms with Gasteiger partial charge in [0.25, 0.3) is 0 Å². The van der Waals surface area contributed by atoms with Crippen molar-refractivity contribution in [2.24, 2.45) is 16.2 Å². The van der Waals surface area contributed by atoms with Gasteiger partial charge in [0.2, 0.25) is 0 Å². The molecule has 0 saturated heterocycles. The molecule has 98 valence electrons. The van der Waals surface area contributed by atoms with Crippen molar-refractivity contribution >= 4 is 11.4 Å². The van der Waals surface area contributed by atoms with Crippen LogP contribution in [-0.4, -0.2) is 33.9 Å². The van der Waals surface area contributed by atoms with E-state index in [1.165, 1.54) is 0 Å². The minimum Gasteiger partial charge on any atom is -0.411 e. The van der Waals surface area contributed by atoms with Crippen LogP contribution in [0.3, 0.4) is 0 Å². The third-order valence-corrected chi connectivity index (χ3v) is 4.40. The Labute approximate surface area is 106 Å². The summed E-state index contributed by atoms with van der Waals surface area (Å²) >= 11 is 0. The third-order valence-electron chi connectivity index (χ3n) is 4.40. The molecule has 3 aliphatic rings. The van der Waals surface area contributed by atoms with Gasteiger partial charge in [-0.3, -0.25) is 0 Å². The Hall–Kier alpha value is -1.36. The van der Waals surface area contributed by atoms with Gasteiger partial charge in [0.1, 0.15) is 0 Å². The lowest BCUT2D eigenvalue weighted by Crippen LogP contribution is -2.53. The van der Waals surface area contributed by atoms with Gasteiger partial charge in [0.05, 0.1) is 11.4 Å². The Morgan fingerprint density at radius 1 is 1.11 bits per heavy atom. The molecule has 1 heterocycles. The Balaban J connectivity index is 1.96. The second kappa shape index (κ2) is 4.72. The molecule has 3 rings (SSSR count). The molecule has 3 atom stereocenters. The smallest absolute Gasteiger partial charge is 0.0840 e. The molecule has 3 unspecified atom stereocenters. The van der Waals surface area contributed by atoms with Crippen LogP contribution in [0, 0.1) is 5.92 Å². The van der Waals surface area contributed by atoms with Crippen LogP contribution in [0.1, 0.15) is 38.5 Å². The number of fused-ring (bicyclic) bond motifs is 2. The highest BCUT2D eigenvalue weighted by Crippen LogP contribution is 2.34. The van der Waals surface area contributed by atoms with Gasteiger partial charge in [-0.1, -0.05) is 16.4 Å². The van der Waals surface area contributed by atoms with Crippen molar-refractivity contribution in [2.45, 2.75) is 50.6 Å². The van der Waals surface area contributed by atoms with Crippen molar-refractivity contribution in [1.29, 1.82) is 0 Å². The van der Waals surface area contributed by atoms with Crippen LogP contribution in [0.25, 0.3) is 0 Å². The van der Waals surface area contributed by atoms with Crippen LogP contribution in [0.4, 0.5) is 0 Å². The highest BCUT2D eigenvalue weighted by Gasteiger charge is 2.38. The quantitative estimate of drug-likeness (QED) is 0.453. The Morgan fingerprint density at radius 2 is 1.94 bits per heavy atom. The number of hydrogen-bond acceptors (Lipinski definition) is 5. The van der Waals surface area contributed by atoms with E-state index in [0.29, 0.717) is 12.1 Å². The van der Waals surface area contributed by atoms with E-state index in [2.05, 4.69) is 21.7 Å². The van der Waals surface area contributed by atoms with E-state index in [1.807, 2.05) is 0 Å². The van der Waals surface area contributed by atoms with Crippen molar-refractivity contribution < 1.29 is 10.4 Å². The maximum atomic E-state index is 9.10. The zero-order valence-electron chi connectivity index (χ0n) is 10.3. The molecule has 0 aromatic heterocycles. The van der Waals surface area contributed by atoms with Crippen LogP contribution in [0.15, 0.2) is 22.0 Å². The van der Waals surface area contributed by atoms with E-state index in [9.17, 15) is 0 Å². The first kappa shape index (κ1) is 11.7. The summed E-state index contributed by atoms with van der Waals surface area (Å²) in [6, 6.07) is 0.681. The molecular formula is C13H19N3O2. The van der Waals surface area contributed by atoms with Crippen LogP contribution >= 0.6 is 0 Å². The molecule has 0 aromatic carbocycles. The first-order valence-corrected chi connectivity index (χ1v) is 6.73. The fourth-order valence-electron chi connectivity index (χ4n) is 3.52. The van der Waals surface area contributed by atoms with Gasteiger partial charge in [-0.15, -0.1) is 0 Å². The van der Waals surface area contributed by atoms with Gasteiger partial charge in [-0.25, -0.2) is 0 Å². The maximum Gasteiger partial charge on any atom is 0.0840 e. The molecule has 0 bridgehead atoms. The van der Waals surface area contributed by atoms with E-state index >= 15 is 0 Å². The van der Waals surface area contributed by atoms with Gasteiger partial charge in [-0.05, 0) is 44.1 Å². The largest absolute Gasteiger partial charge is 0.411 e. The molecule has 0 spiro atoms. The first-order valence-electron chi connectivity index (χ1n) is 6.73.